The Morgan fingerprint density at radius 1 is 1.10 bits per heavy atom. The van der Waals surface area contributed by atoms with Crippen LogP contribution >= 0.6 is 0 Å². The van der Waals surface area contributed by atoms with Crippen molar-refractivity contribution < 1.29 is 13.2 Å². The van der Waals surface area contributed by atoms with Crippen LogP contribution in [-0.4, -0.2) is 43.2 Å². The van der Waals surface area contributed by atoms with Crippen molar-refractivity contribution in [3.63, 3.8) is 0 Å². The maximum Gasteiger partial charge on any atom is 0.244 e. The summed E-state index contributed by atoms with van der Waals surface area (Å²) in [6.07, 6.45) is 8.78. The summed E-state index contributed by atoms with van der Waals surface area (Å²) in [5, 5.41) is 3.08. The summed E-state index contributed by atoms with van der Waals surface area (Å²) < 4.78 is 27.9. The molecule has 7 heteroatoms. The van der Waals surface area contributed by atoms with Crippen LogP contribution in [0.4, 0.5) is 0 Å². The van der Waals surface area contributed by atoms with E-state index in [-0.39, 0.29) is 28.7 Å². The Morgan fingerprint density at radius 3 is 2.57 bits per heavy atom. The fourth-order valence-electron chi connectivity index (χ4n) is 4.98. The first-order valence-corrected chi connectivity index (χ1v) is 12.2. The largest absolute Gasteiger partial charge is 0.355 e. The second kappa shape index (κ2) is 8.86. The fraction of sp³-hybridized carbons (Fsp3) is 0.478. The molecule has 1 aliphatic carbocycles. The quantitative estimate of drug-likeness (QED) is 0.769. The van der Waals surface area contributed by atoms with Gasteiger partial charge in [0.15, 0.2) is 0 Å². The summed E-state index contributed by atoms with van der Waals surface area (Å²) in [7, 11) is -3.65. The Balaban J connectivity index is 1.49. The number of aromatic nitrogens is 1. The lowest BCUT2D eigenvalue weighted by molar-refractivity contribution is -0.128. The third kappa shape index (κ3) is 4.27. The highest BCUT2D eigenvalue weighted by Crippen LogP contribution is 2.48. The molecule has 6 nitrogen and oxygen atoms in total. The van der Waals surface area contributed by atoms with Crippen molar-refractivity contribution in [3.05, 3.63) is 60.4 Å². The average molecular weight is 428 g/mol. The highest BCUT2D eigenvalue weighted by atomic mass is 32.2. The molecule has 1 N–H and O–H groups in total. The molecule has 0 bridgehead atoms. The Morgan fingerprint density at radius 2 is 1.87 bits per heavy atom. The number of nitrogens with zero attached hydrogens (tertiary/aromatic N) is 2. The average Bonchev–Trinajstić information content (AvgIpc) is 3.15. The van der Waals surface area contributed by atoms with E-state index in [1.807, 2.05) is 30.3 Å². The van der Waals surface area contributed by atoms with Gasteiger partial charge in [0, 0.05) is 32.0 Å². The number of amides is 1. The van der Waals surface area contributed by atoms with Crippen molar-refractivity contribution in [2.24, 2.45) is 11.3 Å². The Bertz CT molecular complexity index is 958. The van der Waals surface area contributed by atoms with E-state index in [9.17, 15) is 13.2 Å². The van der Waals surface area contributed by atoms with Gasteiger partial charge < -0.3 is 5.32 Å². The number of benzene rings is 1. The minimum Gasteiger partial charge on any atom is -0.355 e. The summed E-state index contributed by atoms with van der Waals surface area (Å²) in [6.45, 7) is 1.22. The molecule has 160 valence electrons. The van der Waals surface area contributed by atoms with Crippen LogP contribution < -0.4 is 5.32 Å². The first kappa shape index (κ1) is 21.0. The van der Waals surface area contributed by atoms with Gasteiger partial charge in [-0.1, -0.05) is 49.6 Å². The number of rotatable bonds is 6. The molecule has 0 radical (unpaired) electrons. The molecule has 1 atom stereocenters. The summed E-state index contributed by atoms with van der Waals surface area (Å²) in [6, 6.07) is 13.3. The Hall–Kier alpha value is -2.25. The number of nitrogens with one attached hydrogen (secondary N) is 1. The predicted octanol–water partition coefficient (Wildman–Crippen LogP) is 3.01. The molecular weight excluding hydrogens is 398 g/mol. The number of pyridine rings is 1. The van der Waals surface area contributed by atoms with Gasteiger partial charge in [0.1, 0.15) is 4.90 Å². The van der Waals surface area contributed by atoms with Gasteiger partial charge in [0.25, 0.3) is 0 Å². The molecule has 1 aromatic heterocycles. The summed E-state index contributed by atoms with van der Waals surface area (Å²) >= 11 is 0. The van der Waals surface area contributed by atoms with Gasteiger partial charge in [0.05, 0.1) is 5.92 Å². The first-order chi connectivity index (χ1) is 14.5. The second-order valence-electron chi connectivity index (χ2n) is 8.49. The standard InChI is InChI=1S/C23H29N3O3S/c27-22(25-15-11-19-8-3-1-4-9-19)21-17-26(18-23(21)12-5-2-6-13-23)30(28,29)20-10-7-14-24-16-20/h1,3-4,7-10,14,16,21H,2,5-6,11-13,15,17-18H2,(H,25,27). The number of sulfonamides is 1. The van der Waals surface area contributed by atoms with Crippen LogP contribution in [0.2, 0.25) is 0 Å². The van der Waals surface area contributed by atoms with Crippen molar-refractivity contribution in [1.82, 2.24) is 14.6 Å². The van der Waals surface area contributed by atoms with Crippen LogP contribution in [0.3, 0.4) is 0 Å². The van der Waals surface area contributed by atoms with Crippen LogP contribution in [0.15, 0.2) is 59.8 Å². The van der Waals surface area contributed by atoms with Crippen molar-refractivity contribution in [1.29, 1.82) is 0 Å². The van der Waals surface area contributed by atoms with E-state index in [1.54, 1.807) is 18.3 Å². The molecule has 2 aromatic rings. The molecule has 4 rings (SSSR count). The molecular formula is C23H29N3O3S. The molecule has 1 saturated heterocycles. The van der Waals surface area contributed by atoms with Gasteiger partial charge in [-0.3, -0.25) is 9.78 Å². The molecule has 30 heavy (non-hydrogen) atoms. The summed E-state index contributed by atoms with van der Waals surface area (Å²) in [5.74, 6) is -0.322. The van der Waals surface area contributed by atoms with Gasteiger partial charge in [-0.25, -0.2) is 8.42 Å². The zero-order valence-electron chi connectivity index (χ0n) is 17.2. The minimum absolute atomic E-state index is 0.0169. The van der Waals surface area contributed by atoms with Crippen LogP contribution in [0, 0.1) is 11.3 Å². The number of carbonyl (C=O) groups is 1. The van der Waals surface area contributed by atoms with Gasteiger partial charge in [-0.15, -0.1) is 0 Å². The van der Waals surface area contributed by atoms with E-state index in [0.717, 1.165) is 38.5 Å². The Kier molecular flexibility index (Phi) is 6.20. The lowest BCUT2D eigenvalue weighted by Gasteiger charge is -2.37. The van der Waals surface area contributed by atoms with Crippen LogP contribution in [0.5, 0.6) is 0 Å². The molecule has 1 spiro atoms. The zero-order chi connectivity index (χ0) is 21.0. The SMILES string of the molecule is O=C(NCCc1ccccc1)C1CN(S(=O)(=O)c2cccnc2)CC12CCCCC2. The van der Waals surface area contributed by atoms with Crippen LogP contribution in [0.25, 0.3) is 0 Å². The number of hydrogen-bond donors (Lipinski definition) is 1. The van der Waals surface area contributed by atoms with E-state index in [1.165, 1.54) is 16.1 Å². The molecule has 2 aliphatic rings. The molecule has 1 aromatic carbocycles. The molecule has 2 fully saturated rings. The maximum absolute atomic E-state index is 13.2. The van der Waals surface area contributed by atoms with E-state index in [2.05, 4.69) is 10.3 Å². The van der Waals surface area contributed by atoms with Crippen molar-refractivity contribution in [2.75, 3.05) is 19.6 Å². The lowest BCUT2D eigenvalue weighted by Crippen LogP contribution is -2.43. The fourth-order valence-corrected chi connectivity index (χ4v) is 6.49. The van der Waals surface area contributed by atoms with Gasteiger partial charge in [-0.05, 0) is 42.4 Å². The number of hydrogen-bond acceptors (Lipinski definition) is 4. The van der Waals surface area contributed by atoms with Crippen molar-refractivity contribution in [2.45, 2.75) is 43.4 Å². The van der Waals surface area contributed by atoms with Crippen LogP contribution in [0.1, 0.15) is 37.7 Å². The van der Waals surface area contributed by atoms with Gasteiger partial charge >= 0.3 is 0 Å². The van der Waals surface area contributed by atoms with Gasteiger partial charge in [-0.2, -0.15) is 4.31 Å². The van der Waals surface area contributed by atoms with Gasteiger partial charge in [0.2, 0.25) is 15.9 Å². The van der Waals surface area contributed by atoms with Crippen molar-refractivity contribution >= 4 is 15.9 Å². The minimum atomic E-state index is -3.65. The highest BCUT2D eigenvalue weighted by Gasteiger charge is 2.53. The van der Waals surface area contributed by atoms with E-state index < -0.39 is 10.0 Å². The Labute approximate surface area is 178 Å². The molecule has 1 saturated carbocycles. The molecule has 1 aliphatic heterocycles. The topological polar surface area (TPSA) is 79.4 Å². The summed E-state index contributed by atoms with van der Waals surface area (Å²) in [4.78, 5) is 17.3. The van der Waals surface area contributed by atoms with E-state index in [4.69, 9.17) is 0 Å². The van der Waals surface area contributed by atoms with E-state index in [0.29, 0.717) is 13.1 Å². The monoisotopic (exact) mass is 427 g/mol. The lowest BCUT2D eigenvalue weighted by atomic mass is 9.67. The third-order valence-corrected chi connectivity index (χ3v) is 8.41. The maximum atomic E-state index is 13.2. The molecule has 1 unspecified atom stereocenters. The third-order valence-electron chi connectivity index (χ3n) is 6.61. The van der Waals surface area contributed by atoms with Crippen LogP contribution in [-0.2, 0) is 21.2 Å². The predicted molar refractivity (Wildman–Crippen MR) is 115 cm³/mol. The van der Waals surface area contributed by atoms with Crippen molar-refractivity contribution in [3.8, 4) is 0 Å². The molecule has 1 amide bonds. The highest BCUT2D eigenvalue weighted by molar-refractivity contribution is 7.89. The zero-order valence-corrected chi connectivity index (χ0v) is 18.0. The smallest absolute Gasteiger partial charge is 0.244 e. The molecule has 2 heterocycles. The van der Waals surface area contributed by atoms with E-state index >= 15 is 0 Å². The number of carbonyl (C=O) groups excluding carboxylic acids is 1. The normalized spacial score (nSPS) is 21.5. The second-order valence-corrected chi connectivity index (χ2v) is 10.4. The first-order valence-electron chi connectivity index (χ1n) is 10.7. The summed E-state index contributed by atoms with van der Waals surface area (Å²) in [5.41, 5.74) is 0.919.